The summed E-state index contributed by atoms with van der Waals surface area (Å²) < 4.78 is 12.8. The zero-order valence-electron chi connectivity index (χ0n) is 9.81. The van der Waals surface area contributed by atoms with Crippen molar-refractivity contribution in [3.8, 4) is 0 Å². The van der Waals surface area contributed by atoms with Gasteiger partial charge in [-0.25, -0.2) is 9.18 Å². The van der Waals surface area contributed by atoms with Crippen LogP contribution in [0.5, 0.6) is 0 Å². The quantitative estimate of drug-likeness (QED) is 0.897. The van der Waals surface area contributed by atoms with E-state index in [0.29, 0.717) is 16.3 Å². The summed E-state index contributed by atoms with van der Waals surface area (Å²) in [6.07, 6.45) is 0. The van der Waals surface area contributed by atoms with Gasteiger partial charge in [0.1, 0.15) is 5.82 Å². The van der Waals surface area contributed by atoms with Gasteiger partial charge in [-0.05, 0) is 30.3 Å². The number of anilines is 1. The number of hydrogen-bond donors (Lipinski definition) is 2. The highest BCUT2D eigenvalue weighted by Crippen LogP contribution is 2.26. The molecule has 3 nitrogen and oxygen atoms in total. The molecule has 0 aliphatic rings. The summed E-state index contributed by atoms with van der Waals surface area (Å²) >= 11 is 5.99. The van der Waals surface area contributed by atoms with Crippen LogP contribution in [-0.2, 0) is 4.79 Å². The van der Waals surface area contributed by atoms with Gasteiger partial charge in [0.15, 0.2) is 6.04 Å². The third-order valence-corrected chi connectivity index (χ3v) is 2.96. The maximum absolute atomic E-state index is 12.8. The van der Waals surface area contributed by atoms with Crippen LogP contribution >= 0.6 is 11.6 Å². The molecule has 0 heterocycles. The Morgan fingerprint density at radius 1 is 1.16 bits per heavy atom. The highest BCUT2D eigenvalue weighted by Gasteiger charge is 2.21. The van der Waals surface area contributed by atoms with Crippen molar-refractivity contribution in [3.63, 3.8) is 0 Å². The summed E-state index contributed by atoms with van der Waals surface area (Å²) in [6, 6.07) is 11.2. The number of hydrogen-bond acceptors (Lipinski definition) is 2. The van der Waals surface area contributed by atoms with Crippen LogP contribution in [-0.4, -0.2) is 11.1 Å². The molecule has 5 heteroatoms. The van der Waals surface area contributed by atoms with Crippen LogP contribution in [0.15, 0.2) is 48.5 Å². The summed E-state index contributed by atoms with van der Waals surface area (Å²) in [5.74, 6) is -1.44. The van der Waals surface area contributed by atoms with Gasteiger partial charge >= 0.3 is 5.97 Å². The number of aliphatic carboxylic acids is 1. The van der Waals surface area contributed by atoms with Crippen LogP contribution in [0.3, 0.4) is 0 Å². The van der Waals surface area contributed by atoms with E-state index in [2.05, 4.69) is 5.32 Å². The number of carboxylic acid groups (broad SMARTS) is 1. The Kier molecular flexibility index (Phi) is 4.02. The molecule has 2 aromatic rings. The average molecular weight is 280 g/mol. The van der Waals surface area contributed by atoms with Gasteiger partial charge in [0.2, 0.25) is 0 Å². The third kappa shape index (κ3) is 3.23. The van der Waals surface area contributed by atoms with E-state index in [1.54, 1.807) is 24.3 Å². The van der Waals surface area contributed by atoms with Gasteiger partial charge in [0, 0.05) is 16.3 Å². The first kappa shape index (κ1) is 13.4. The summed E-state index contributed by atoms with van der Waals surface area (Å²) in [6.45, 7) is 0. The van der Waals surface area contributed by atoms with Gasteiger partial charge in [-0.3, -0.25) is 0 Å². The first-order chi connectivity index (χ1) is 9.08. The largest absolute Gasteiger partial charge is 0.479 e. The Balaban J connectivity index is 2.29. The molecule has 1 unspecified atom stereocenters. The Labute approximate surface area is 114 Å². The first-order valence-electron chi connectivity index (χ1n) is 5.57. The fourth-order valence-electron chi connectivity index (χ4n) is 1.69. The van der Waals surface area contributed by atoms with E-state index in [1.807, 2.05) is 0 Å². The predicted molar refractivity (Wildman–Crippen MR) is 71.9 cm³/mol. The van der Waals surface area contributed by atoms with E-state index in [9.17, 15) is 14.3 Å². The van der Waals surface area contributed by atoms with Crippen molar-refractivity contribution in [2.24, 2.45) is 0 Å². The van der Waals surface area contributed by atoms with Crippen molar-refractivity contribution in [1.29, 1.82) is 0 Å². The number of rotatable bonds is 4. The molecular weight excluding hydrogens is 269 g/mol. The average Bonchev–Trinajstić information content (AvgIpc) is 2.39. The van der Waals surface area contributed by atoms with Crippen LogP contribution in [0.2, 0.25) is 5.02 Å². The normalized spacial score (nSPS) is 11.9. The van der Waals surface area contributed by atoms with Crippen molar-refractivity contribution in [2.75, 3.05) is 5.32 Å². The van der Waals surface area contributed by atoms with E-state index in [-0.39, 0.29) is 5.82 Å². The van der Waals surface area contributed by atoms with E-state index in [0.717, 1.165) is 0 Å². The fourth-order valence-corrected chi connectivity index (χ4v) is 1.94. The maximum atomic E-state index is 12.8. The first-order valence-corrected chi connectivity index (χ1v) is 5.95. The molecular formula is C14H11ClFNO2. The SMILES string of the molecule is O=C(O)C(Nc1ccc(F)cc1)c1ccccc1Cl. The molecule has 1 atom stereocenters. The maximum Gasteiger partial charge on any atom is 0.330 e. The molecule has 98 valence electrons. The Morgan fingerprint density at radius 3 is 2.37 bits per heavy atom. The summed E-state index contributed by atoms with van der Waals surface area (Å²) in [5, 5.41) is 12.4. The Bertz CT molecular complexity index is 586. The topological polar surface area (TPSA) is 49.3 Å². The highest BCUT2D eigenvalue weighted by atomic mass is 35.5. The van der Waals surface area contributed by atoms with Crippen molar-refractivity contribution in [2.45, 2.75) is 6.04 Å². The van der Waals surface area contributed by atoms with Crippen molar-refractivity contribution < 1.29 is 14.3 Å². The van der Waals surface area contributed by atoms with Crippen LogP contribution in [0.4, 0.5) is 10.1 Å². The molecule has 2 N–H and O–H groups in total. The molecule has 2 rings (SSSR count). The molecule has 19 heavy (non-hydrogen) atoms. The summed E-state index contributed by atoms with van der Waals surface area (Å²) in [5.41, 5.74) is 0.967. The monoisotopic (exact) mass is 279 g/mol. The van der Waals surface area contributed by atoms with Crippen LogP contribution in [0.1, 0.15) is 11.6 Å². The minimum Gasteiger partial charge on any atom is -0.479 e. The number of halogens is 2. The van der Waals surface area contributed by atoms with Crippen LogP contribution in [0, 0.1) is 5.82 Å². The van der Waals surface area contributed by atoms with Gasteiger partial charge in [-0.15, -0.1) is 0 Å². The molecule has 0 bridgehead atoms. The lowest BCUT2D eigenvalue weighted by atomic mass is 10.1. The number of carbonyl (C=O) groups is 1. The van der Waals surface area contributed by atoms with Gasteiger partial charge in [-0.2, -0.15) is 0 Å². The lowest BCUT2D eigenvalue weighted by Crippen LogP contribution is -2.20. The molecule has 2 aromatic carbocycles. The molecule has 0 aliphatic carbocycles. The van der Waals surface area contributed by atoms with Crippen LogP contribution in [0.25, 0.3) is 0 Å². The molecule has 0 spiro atoms. The van der Waals surface area contributed by atoms with Gasteiger partial charge < -0.3 is 10.4 Å². The molecule has 0 saturated carbocycles. The van der Waals surface area contributed by atoms with Crippen molar-refractivity contribution in [1.82, 2.24) is 0 Å². The minimum atomic E-state index is -1.06. The second-order valence-electron chi connectivity index (χ2n) is 3.94. The molecule has 0 radical (unpaired) electrons. The van der Waals surface area contributed by atoms with E-state index < -0.39 is 12.0 Å². The van der Waals surface area contributed by atoms with Crippen molar-refractivity contribution in [3.05, 3.63) is 64.9 Å². The fraction of sp³-hybridized carbons (Fsp3) is 0.0714. The number of benzene rings is 2. The summed E-state index contributed by atoms with van der Waals surface area (Å²) in [7, 11) is 0. The molecule has 0 saturated heterocycles. The lowest BCUT2D eigenvalue weighted by molar-refractivity contribution is -0.138. The predicted octanol–water partition coefficient (Wildman–Crippen LogP) is 3.72. The van der Waals surface area contributed by atoms with Gasteiger partial charge in [0.05, 0.1) is 0 Å². The molecule has 0 aromatic heterocycles. The van der Waals surface area contributed by atoms with E-state index >= 15 is 0 Å². The van der Waals surface area contributed by atoms with Crippen LogP contribution < -0.4 is 5.32 Å². The molecule has 0 aliphatic heterocycles. The van der Waals surface area contributed by atoms with E-state index in [1.165, 1.54) is 24.3 Å². The zero-order chi connectivity index (χ0) is 13.8. The second-order valence-corrected chi connectivity index (χ2v) is 4.35. The highest BCUT2D eigenvalue weighted by molar-refractivity contribution is 6.31. The van der Waals surface area contributed by atoms with Gasteiger partial charge in [0.25, 0.3) is 0 Å². The van der Waals surface area contributed by atoms with E-state index in [4.69, 9.17) is 11.6 Å². The number of carboxylic acids is 1. The standard InChI is InChI=1S/C14H11ClFNO2/c15-12-4-2-1-3-11(12)13(14(18)19)17-10-7-5-9(16)6-8-10/h1-8,13,17H,(H,18,19). The Hall–Kier alpha value is -2.07. The summed E-state index contributed by atoms with van der Waals surface area (Å²) in [4.78, 5) is 11.3. The zero-order valence-corrected chi connectivity index (χ0v) is 10.6. The second kappa shape index (κ2) is 5.71. The molecule has 0 fully saturated rings. The Morgan fingerprint density at radius 2 is 1.79 bits per heavy atom. The molecule has 0 amide bonds. The smallest absolute Gasteiger partial charge is 0.330 e. The number of nitrogens with one attached hydrogen (secondary N) is 1. The van der Waals surface area contributed by atoms with Gasteiger partial charge in [-0.1, -0.05) is 29.8 Å². The minimum absolute atomic E-state index is 0.365. The lowest BCUT2D eigenvalue weighted by Gasteiger charge is -2.17. The van der Waals surface area contributed by atoms with Crippen molar-refractivity contribution >= 4 is 23.3 Å². The third-order valence-electron chi connectivity index (χ3n) is 2.62.